The molecule has 4 heterocycles. The van der Waals surface area contributed by atoms with Gasteiger partial charge in [0.05, 0.1) is 17.1 Å². The molecule has 3 aromatic rings. The molecule has 0 unspecified atom stereocenters. The number of nitrogens with one attached hydrogen (secondary N) is 1. The molecule has 2 aliphatic heterocycles. The van der Waals surface area contributed by atoms with Gasteiger partial charge in [0.25, 0.3) is 5.91 Å². The van der Waals surface area contributed by atoms with Gasteiger partial charge in [0.1, 0.15) is 17.8 Å². The lowest BCUT2D eigenvalue weighted by molar-refractivity contribution is -0.137. The highest BCUT2D eigenvalue weighted by molar-refractivity contribution is 6.10. The molecule has 1 aromatic carbocycles. The SMILES string of the molecule is Cc1cccc2c1C1(CCN(C(=O)c3ccc4[nH]ncc4n3)CC1)C(=O)N2CC(=O)O. The summed E-state index contributed by atoms with van der Waals surface area (Å²) in [6.45, 7) is 2.36. The van der Waals surface area contributed by atoms with Crippen LogP contribution in [0.15, 0.2) is 36.5 Å². The molecule has 0 radical (unpaired) electrons. The van der Waals surface area contributed by atoms with Crippen molar-refractivity contribution < 1.29 is 19.5 Å². The van der Waals surface area contributed by atoms with Gasteiger partial charge < -0.3 is 14.9 Å². The van der Waals surface area contributed by atoms with Crippen LogP contribution in [0.5, 0.6) is 0 Å². The molecule has 9 nitrogen and oxygen atoms in total. The molecule has 5 rings (SSSR count). The summed E-state index contributed by atoms with van der Waals surface area (Å²) in [4.78, 5) is 45.3. The van der Waals surface area contributed by atoms with E-state index in [2.05, 4.69) is 15.2 Å². The largest absolute Gasteiger partial charge is 0.480 e. The number of carboxylic acid groups (broad SMARTS) is 1. The molecule has 31 heavy (non-hydrogen) atoms. The van der Waals surface area contributed by atoms with E-state index in [-0.39, 0.29) is 18.4 Å². The first-order valence-corrected chi connectivity index (χ1v) is 10.1. The molecule has 158 valence electrons. The Morgan fingerprint density at radius 1 is 1.19 bits per heavy atom. The van der Waals surface area contributed by atoms with Crippen LogP contribution in [0.1, 0.15) is 34.5 Å². The van der Waals surface area contributed by atoms with Gasteiger partial charge in [-0.3, -0.25) is 19.5 Å². The summed E-state index contributed by atoms with van der Waals surface area (Å²) in [5, 5.41) is 16.1. The summed E-state index contributed by atoms with van der Waals surface area (Å²) in [7, 11) is 0. The first-order valence-electron chi connectivity index (χ1n) is 10.1. The van der Waals surface area contributed by atoms with Crippen LogP contribution in [-0.2, 0) is 15.0 Å². The first-order chi connectivity index (χ1) is 14.9. The number of nitrogens with zero attached hydrogens (tertiary/aromatic N) is 4. The number of pyridine rings is 1. The number of rotatable bonds is 3. The van der Waals surface area contributed by atoms with Crippen LogP contribution in [0, 0.1) is 6.92 Å². The zero-order chi connectivity index (χ0) is 21.8. The fourth-order valence-corrected chi connectivity index (χ4v) is 4.93. The Kier molecular flexibility index (Phi) is 4.28. The van der Waals surface area contributed by atoms with Crippen molar-refractivity contribution in [3.05, 3.63) is 53.3 Å². The summed E-state index contributed by atoms with van der Waals surface area (Å²) >= 11 is 0. The van der Waals surface area contributed by atoms with Crippen LogP contribution < -0.4 is 4.90 Å². The highest BCUT2D eigenvalue weighted by atomic mass is 16.4. The molecule has 0 aliphatic carbocycles. The summed E-state index contributed by atoms with van der Waals surface area (Å²) in [5.74, 6) is -1.42. The number of carbonyl (C=O) groups is 3. The number of aliphatic carboxylic acids is 1. The van der Waals surface area contributed by atoms with Crippen molar-refractivity contribution in [2.75, 3.05) is 24.5 Å². The summed E-state index contributed by atoms with van der Waals surface area (Å²) in [6, 6.07) is 9.03. The Bertz CT molecular complexity index is 1230. The molecule has 0 saturated carbocycles. The summed E-state index contributed by atoms with van der Waals surface area (Å²) in [6.07, 6.45) is 2.46. The van der Waals surface area contributed by atoms with Gasteiger partial charge in [-0.1, -0.05) is 12.1 Å². The topological polar surface area (TPSA) is 119 Å². The van der Waals surface area contributed by atoms with Crippen LogP contribution in [0.2, 0.25) is 0 Å². The average Bonchev–Trinajstić information content (AvgIpc) is 3.31. The number of likely N-dealkylation sites (tertiary alicyclic amines) is 1. The number of H-pyrrole nitrogens is 1. The predicted molar refractivity (Wildman–Crippen MR) is 112 cm³/mol. The molecule has 0 atom stereocenters. The highest BCUT2D eigenvalue weighted by Gasteiger charge is 2.53. The number of hydrogen-bond acceptors (Lipinski definition) is 5. The molecule has 2 aliphatic rings. The Morgan fingerprint density at radius 3 is 2.71 bits per heavy atom. The highest BCUT2D eigenvalue weighted by Crippen LogP contribution is 2.49. The second-order valence-corrected chi connectivity index (χ2v) is 8.13. The maximum Gasteiger partial charge on any atom is 0.323 e. The molecule has 2 aromatic heterocycles. The van der Waals surface area contributed by atoms with Crippen molar-refractivity contribution in [2.24, 2.45) is 0 Å². The molecule has 1 fully saturated rings. The van der Waals surface area contributed by atoms with Gasteiger partial charge >= 0.3 is 5.97 Å². The van der Waals surface area contributed by atoms with E-state index in [9.17, 15) is 19.5 Å². The van der Waals surface area contributed by atoms with Crippen LogP contribution in [0.3, 0.4) is 0 Å². The van der Waals surface area contributed by atoms with E-state index in [1.165, 1.54) is 4.90 Å². The van der Waals surface area contributed by atoms with Crippen LogP contribution in [0.25, 0.3) is 11.0 Å². The minimum absolute atomic E-state index is 0.184. The minimum atomic E-state index is -1.05. The number of carboxylic acids is 1. The third-order valence-electron chi connectivity index (χ3n) is 6.39. The van der Waals surface area contributed by atoms with E-state index in [4.69, 9.17) is 0 Å². The molecular formula is C22H21N5O4. The lowest BCUT2D eigenvalue weighted by Gasteiger charge is -2.38. The molecule has 9 heteroatoms. The third-order valence-corrected chi connectivity index (χ3v) is 6.39. The number of aryl methyl sites for hydroxylation is 1. The second-order valence-electron chi connectivity index (χ2n) is 8.13. The molecule has 2 N–H and O–H groups in total. The summed E-state index contributed by atoms with van der Waals surface area (Å²) in [5.41, 5.74) is 3.45. The normalized spacial score (nSPS) is 17.4. The third kappa shape index (κ3) is 2.88. The smallest absolute Gasteiger partial charge is 0.323 e. The van der Waals surface area contributed by atoms with Crippen molar-refractivity contribution in [1.29, 1.82) is 0 Å². The molecule has 0 bridgehead atoms. The Morgan fingerprint density at radius 2 is 1.97 bits per heavy atom. The minimum Gasteiger partial charge on any atom is -0.480 e. The number of hydrogen-bond donors (Lipinski definition) is 2. The maximum atomic E-state index is 13.4. The average molecular weight is 419 g/mol. The van der Waals surface area contributed by atoms with Crippen molar-refractivity contribution in [3.8, 4) is 0 Å². The second kappa shape index (κ2) is 6.90. The van der Waals surface area contributed by atoms with Gasteiger partial charge in [0.2, 0.25) is 5.91 Å². The Hall–Kier alpha value is -3.75. The van der Waals surface area contributed by atoms with E-state index < -0.39 is 11.4 Å². The first kappa shape index (κ1) is 19.2. The molecular weight excluding hydrogens is 398 g/mol. The zero-order valence-corrected chi connectivity index (χ0v) is 17.0. The number of benzene rings is 1. The van der Waals surface area contributed by atoms with Crippen molar-refractivity contribution in [1.82, 2.24) is 20.1 Å². The molecule has 1 saturated heterocycles. The van der Waals surface area contributed by atoms with Gasteiger partial charge in [-0.25, -0.2) is 4.98 Å². The monoisotopic (exact) mass is 419 g/mol. The van der Waals surface area contributed by atoms with E-state index in [0.29, 0.717) is 42.8 Å². The Labute approximate surface area is 177 Å². The standard InChI is InChI=1S/C22H21N5O4/c1-13-3-2-4-17-19(13)22(21(31)27(17)12-18(28)29)7-9-26(10-8-22)20(30)15-6-5-14-16(24-15)11-23-25-14/h2-6,11H,7-10,12H2,1H3,(H,23,25)(H,28,29). The molecule has 1 spiro atoms. The quantitative estimate of drug-likeness (QED) is 0.669. The number of piperidine rings is 1. The fourth-order valence-electron chi connectivity index (χ4n) is 4.93. The van der Waals surface area contributed by atoms with E-state index >= 15 is 0 Å². The van der Waals surface area contributed by atoms with Crippen LogP contribution >= 0.6 is 0 Å². The zero-order valence-electron chi connectivity index (χ0n) is 17.0. The number of carbonyl (C=O) groups excluding carboxylic acids is 2. The van der Waals surface area contributed by atoms with Gasteiger partial charge in [-0.2, -0.15) is 5.10 Å². The number of anilines is 1. The maximum absolute atomic E-state index is 13.4. The summed E-state index contributed by atoms with van der Waals surface area (Å²) < 4.78 is 0. The number of fused-ring (bicyclic) bond motifs is 3. The van der Waals surface area contributed by atoms with Gasteiger partial charge in [0.15, 0.2) is 0 Å². The predicted octanol–water partition coefficient (Wildman–Crippen LogP) is 1.87. The Balaban J connectivity index is 1.43. The fraction of sp³-hybridized carbons (Fsp3) is 0.318. The number of aromatic amines is 1. The lowest BCUT2D eigenvalue weighted by atomic mass is 9.72. The van der Waals surface area contributed by atoms with Gasteiger partial charge in [-0.15, -0.1) is 0 Å². The lowest BCUT2D eigenvalue weighted by Crippen LogP contribution is -2.51. The van der Waals surface area contributed by atoms with E-state index in [0.717, 1.165) is 16.6 Å². The van der Waals surface area contributed by atoms with Crippen molar-refractivity contribution >= 4 is 34.5 Å². The number of aromatic nitrogens is 3. The van der Waals surface area contributed by atoms with E-state index in [1.807, 2.05) is 19.1 Å². The van der Waals surface area contributed by atoms with Crippen molar-refractivity contribution in [3.63, 3.8) is 0 Å². The van der Waals surface area contributed by atoms with Crippen molar-refractivity contribution in [2.45, 2.75) is 25.2 Å². The van der Waals surface area contributed by atoms with Crippen LogP contribution in [0.4, 0.5) is 5.69 Å². The van der Waals surface area contributed by atoms with E-state index in [1.54, 1.807) is 29.3 Å². The van der Waals surface area contributed by atoms with Crippen LogP contribution in [-0.4, -0.2) is 62.6 Å². The molecule has 2 amide bonds. The number of amides is 2. The van der Waals surface area contributed by atoms with Gasteiger partial charge in [-0.05, 0) is 49.1 Å². The van der Waals surface area contributed by atoms with Gasteiger partial charge in [0, 0.05) is 18.8 Å².